The molecule has 0 aliphatic carbocycles. The first-order chi connectivity index (χ1) is 17.7. The van der Waals surface area contributed by atoms with Gasteiger partial charge in [0.1, 0.15) is 0 Å². The van der Waals surface area contributed by atoms with Crippen molar-refractivity contribution >= 4 is 0 Å². The van der Waals surface area contributed by atoms with E-state index in [4.69, 9.17) is 24.0 Å². The number of hydrogen-bond acceptors (Lipinski definition) is 5. The highest BCUT2D eigenvalue weighted by molar-refractivity contribution is 5.76. The summed E-state index contributed by atoms with van der Waals surface area (Å²) >= 11 is 0. The van der Waals surface area contributed by atoms with Crippen LogP contribution in [0.5, 0.6) is 23.0 Å². The van der Waals surface area contributed by atoms with Crippen molar-refractivity contribution in [2.24, 2.45) is 0 Å². The topological polar surface area (TPSA) is 54.7 Å². The van der Waals surface area contributed by atoms with E-state index >= 15 is 0 Å². The molecule has 4 rings (SSSR count). The van der Waals surface area contributed by atoms with E-state index in [9.17, 15) is 13.2 Å². The molecule has 37 heavy (non-hydrogen) atoms. The number of halogens is 3. The van der Waals surface area contributed by atoms with Gasteiger partial charge in [0.15, 0.2) is 23.0 Å². The maximum Gasteiger partial charge on any atom is 0.416 e. The third kappa shape index (κ3) is 5.21. The Morgan fingerprint density at radius 2 is 1.30 bits per heavy atom. The molecule has 3 aromatic carbocycles. The van der Waals surface area contributed by atoms with Crippen molar-refractivity contribution in [3.8, 4) is 45.5 Å². The molecule has 0 unspecified atom stereocenters. The Morgan fingerprint density at radius 1 is 0.730 bits per heavy atom. The molecule has 6 nitrogen and oxygen atoms in total. The summed E-state index contributed by atoms with van der Waals surface area (Å²) in [6.07, 6.45) is -4.44. The third-order valence-corrected chi connectivity index (χ3v) is 6.09. The maximum atomic E-state index is 13.4. The summed E-state index contributed by atoms with van der Waals surface area (Å²) in [4.78, 5) is 0. The Morgan fingerprint density at radius 3 is 1.86 bits per heavy atom. The Kier molecular flexibility index (Phi) is 7.33. The summed E-state index contributed by atoms with van der Waals surface area (Å²) in [6, 6.07) is 16.2. The van der Waals surface area contributed by atoms with Gasteiger partial charge in [0.25, 0.3) is 0 Å². The number of alkyl halides is 3. The zero-order chi connectivity index (χ0) is 26.7. The number of rotatable bonds is 8. The molecule has 1 aromatic heterocycles. The SMILES string of the molecule is COc1ccc(-c2nn(Cc3cccc(C(F)(F)F)c3)c(-c3ccc(OC)c(OC)c3)c2C)cc1OC. The van der Waals surface area contributed by atoms with Crippen LogP contribution in [0.3, 0.4) is 0 Å². The zero-order valence-electron chi connectivity index (χ0n) is 21.1. The standard InChI is InChI=1S/C28H27F3N2O4/c1-17-26(19-9-11-22(34-2)24(14-19)36-4)32-33(16-18-7-6-8-21(13-18)28(29,30)31)27(17)20-10-12-23(35-3)25(15-20)37-5/h6-15H,16H2,1-5H3. The van der Waals surface area contributed by atoms with Crippen LogP contribution in [0.2, 0.25) is 0 Å². The maximum absolute atomic E-state index is 13.4. The van der Waals surface area contributed by atoms with Crippen molar-refractivity contribution in [3.05, 3.63) is 77.4 Å². The second kappa shape index (κ2) is 10.5. The summed E-state index contributed by atoms with van der Waals surface area (Å²) in [6.45, 7) is 2.05. The van der Waals surface area contributed by atoms with Crippen LogP contribution < -0.4 is 18.9 Å². The van der Waals surface area contributed by atoms with Gasteiger partial charge >= 0.3 is 6.18 Å². The predicted octanol–water partition coefficient (Wildman–Crippen LogP) is 6.63. The number of benzene rings is 3. The molecule has 194 valence electrons. The van der Waals surface area contributed by atoms with E-state index in [1.54, 1.807) is 51.3 Å². The zero-order valence-corrected chi connectivity index (χ0v) is 21.1. The largest absolute Gasteiger partial charge is 0.493 e. The monoisotopic (exact) mass is 512 g/mol. The Balaban J connectivity index is 1.89. The minimum Gasteiger partial charge on any atom is -0.493 e. The van der Waals surface area contributed by atoms with E-state index in [-0.39, 0.29) is 6.54 Å². The molecule has 0 fully saturated rings. The molecule has 1 heterocycles. The van der Waals surface area contributed by atoms with Gasteiger partial charge in [-0.3, -0.25) is 4.68 Å². The van der Waals surface area contributed by atoms with E-state index in [1.165, 1.54) is 6.07 Å². The quantitative estimate of drug-likeness (QED) is 0.265. The fourth-order valence-corrected chi connectivity index (χ4v) is 4.29. The minimum atomic E-state index is -4.44. The van der Waals surface area contributed by atoms with Gasteiger partial charge in [-0.2, -0.15) is 18.3 Å². The van der Waals surface area contributed by atoms with Gasteiger partial charge in [-0.15, -0.1) is 0 Å². The highest BCUT2D eigenvalue weighted by Gasteiger charge is 2.30. The van der Waals surface area contributed by atoms with Crippen LogP contribution in [-0.2, 0) is 12.7 Å². The van der Waals surface area contributed by atoms with Crippen LogP contribution in [0.15, 0.2) is 60.7 Å². The fraction of sp³-hybridized carbons (Fsp3) is 0.250. The van der Waals surface area contributed by atoms with Crippen molar-refractivity contribution in [2.45, 2.75) is 19.6 Å². The predicted molar refractivity (Wildman–Crippen MR) is 135 cm³/mol. The van der Waals surface area contributed by atoms with Crippen LogP contribution in [0.4, 0.5) is 13.2 Å². The number of nitrogens with zero attached hydrogens (tertiary/aromatic N) is 2. The lowest BCUT2D eigenvalue weighted by atomic mass is 10.0. The second-order valence-electron chi connectivity index (χ2n) is 8.32. The summed E-state index contributed by atoms with van der Waals surface area (Å²) < 4.78 is 63.5. The molecule has 0 saturated heterocycles. The van der Waals surface area contributed by atoms with Gasteiger partial charge in [-0.1, -0.05) is 12.1 Å². The average Bonchev–Trinajstić information content (AvgIpc) is 3.22. The van der Waals surface area contributed by atoms with E-state index in [0.29, 0.717) is 34.3 Å². The van der Waals surface area contributed by atoms with Crippen molar-refractivity contribution in [1.82, 2.24) is 9.78 Å². The van der Waals surface area contributed by atoms with Crippen LogP contribution in [-0.4, -0.2) is 38.2 Å². The van der Waals surface area contributed by atoms with Crippen LogP contribution in [0, 0.1) is 6.92 Å². The lowest BCUT2D eigenvalue weighted by Gasteiger charge is -2.13. The van der Waals surface area contributed by atoms with Gasteiger partial charge in [0.05, 0.1) is 51.9 Å². The van der Waals surface area contributed by atoms with Crippen molar-refractivity contribution < 1.29 is 32.1 Å². The third-order valence-electron chi connectivity index (χ3n) is 6.09. The van der Waals surface area contributed by atoms with Crippen molar-refractivity contribution in [2.75, 3.05) is 28.4 Å². The highest BCUT2D eigenvalue weighted by Crippen LogP contribution is 2.39. The summed E-state index contributed by atoms with van der Waals surface area (Å²) in [7, 11) is 6.21. The molecule has 0 saturated carbocycles. The Bertz CT molecular complexity index is 1410. The first-order valence-electron chi connectivity index (χ1n) is 11.4. The number of hydrogen-bond donors (Lipinski definition) is 0. The summed E-state index contributed by atoms with van der Waals surface area (Å²) in [5, 5.41) is 4.84. The molecule has 9 heteroatoms. The van der Waals surface area contributed by atoms with Crippen LogP contribution >= 0.6 is 0 Å². The van der Waals surface area contributed by atoms with Crippen LogP contribution in [0.1, 0.15) is 16.7 Å². The first-order valence-corrected chi connectivity index (χ1v) is 11.4. The fourth-order valence-electron chi connectivity index (χ4n) is 4.29. The molecule has 4 aromatic rings. The second-order valence-corrected chi connectivity index (χ2v) is 8.32. The normalized spacial score (nSPS) is 11.4. The lowest BCUT2D eigenvalue weighted by Crippen LogP contribution is -2.08. The summed E-state index contributed by atoms with van der Waals surface area (Å²) in [5.74, 6) is 2.21. The van der Waals surface area contributed by atoms with Gasteiger partial charge < -0.3 is 18.9 Å². The number of methoxy groups -OCH3 is 4. The van der Waals surface area contributed by atoms with Crippen LogP contribution in [0.25, 0.3) is 22.5 Å². The lowest BCUT2D eigenvalue weighted by molar-refractivity contribution is -0.137. The molecule has 0 N–H and O–H groups in total. The van der Waals surface area contributed by atoms with Gasteiger partial charge in [0, 0.05) is 16.7 Å². The van der Waals surface area contributed by atoms with Gasteiger partial charge in [-0.25, -0.2) is 0 Å². The van der Waals surface area contributed by atoms with E-state index in [0.717, 1.165) is 34.5 Å². The highest BCUT2D eigenvalue weighted by atomic mass is 19.4. The molecule has 0 bridgehead atoms. The van der Waals surface area contributed by atoms with Crippen molar-refractivity contribution in [3.63, 3.8) is 0 Å². The Labute approximate surface area is 213 Å². The average molecular weight is 513 g/mol. The molecular weight excluding hydrogens is 485 g/mol. The molecule has 0 amide bonds. The summed E-state index contributed by atoms with van der Waals surface area (Å²) in [5.41, 5.74) is 3.56. The van der Waals surface area contributed by atoms with E-state index < -0.39 is 11.7 Å². The molecule has 0 atom stereocenters. The van der Waals surface area contributed by atoms with E-state index in [1.807, 2.05) is 31.2 Å². The number of aromatic nitrogens is 2. The number of ether oxygens (including phenoxy) is 4. The van der Waals surface area contributed by atoms with E-state index in [2.05, 4.69) is 0 Å². The molecule has 0 aliphatic heterocycles. The molecule has 0 aliphatic rings. The molecule has 0 spiro atoms. The van der Waals surface area contributed by atoms with Gasteiger partial charge in [0.2, 0.25) is 0 Å². The van der Waals surface area contributed by atoms with Gasteiger partial charge in [-0.05, 0) is 61.0 Å². The first kappa shape index (κ1) is 25.9. The molecule has 0 radical (unpaired) electrons. The smallest absolute Gasteiger partial charge is 0.416 e. The van der Waals surface area contributed by atoms with Crippen molar-refractivity contribution in [1.29, 1.82) is 0 Å². The minimum absolute atomic E-state index is 0.127. The molecular formula is C28H27F3N2O4. The Hall–Kier alpha value is -4.14.